The summed E-state index contributed by atoms with van der Waals surface area (Å²) in [6.07, 6.45) is 5.70. The summed E-state index contributed by atoms with van der Waals surface area (Å²) in [5, 5.41) is 0. The largest absolute Gasteiger partial charge is 0.324 e. The quantitative estimate of drug-likeness (QED) is 0.844. The highest BCUT2D eigenvalue weighted by atomic mass is 14.7. The second kappa shape index (κ2) is 4.70. The van der Waals surface area contributed by atoms with Crippen molar-refractivity contribution in [1.29, 1.82) is 0 Å². The zero-order valence-electron chi connectivity index (χ0n) is 11.6. The standard InChI is InChI=1S/C17H25N/c1-11(2)12-7-9-13(10-8-12)17(18)16-14-5-3-4-6-15(14)16/h7-11,14-17H,3-6,18H2,1-2H3. The molecule has 2 N–H and O–H groups in total. The van der Waals surface area contributed by atoms with Gasteiger partial charge in [0.2, 0.25) is 0 Å². The van der Waals surface area contributed by atoms with Gasteiger partial charge in [0.1, 0.15) is 0 Å². The molecule has 3 unspecified atom stereocenters. The Morgan fingerprint density at radius 2 is 1.44 bits per heavy atom. The summed E-state index contributed by atoms with van der Waals surface area (Å²) in [6, 6.07) is 9.30. The number of benzene rings is 1. The van der Waals surface area contributed by atoms with E-state index in [1.807, 2.05) is 0 Å². The summed E-state index contributed by atoms with van der Waals surface area (Å²) in [4.78, 5) is 0. The molecule has 3 atom stereocenters. The fourth-order valence-electron chi connectivity index (χ4n) is 3.91. The fraction of sp³-hybridized carbons (Fsp3) is 0.647. The van der Waals surface area contributed by atoms with Gasteiger partial charge in [-0.1, -0.05) is 51.0 Å². The molecular formula is C17H25N. The molecule has 0 aromatic heterocycles. The average molecular weight is 243 g/mol. The SMILES string of the molecule is CC(C)c1ccc(C(N)C2C3CCCCC32)cc1. The van der Waals surface area contributed by atoms with Crippen LogP contribution in [-0.4, -0.2) is 0 Å². The summed E-state index contributed by atoms with van der Waals surface area (Å²) in [5.41, 5.74) is 9.25. The molecule has 1 nitrogen and oxygen atoms in total. The lowest BCUT2D eigenvalue weighted by molar-refractivity contribution is 0.480. The Morgan fingerprint density at radius 1 is 0.944 bits per heavy atom. The highest BCUT2D eigenvalue weighted by molar-refractivity contribution is 5.28. The third-order valence-electron chi connectivity index (χ3n) is 5.13. The van der Waals surface area contributed by atoms with Crippen LogP contribution in [0.25, 0.3) is 0 Å². The highest BCUT2D eigenvalue weighted by Gasteiger charge is 2.53. The number of hydrogen-bond acceptors (Lipinski definition) is 1. The smallest absolute Gasteiger partial charge is 0.0329 e. The number of nitrogens with two attached hydrogens (primary N) is 1. The molecule has 98 valence electrons. The monoisotopic (exact) mass is 243 g/mol. The number of rotatable bonds is 3. The summed E-state index contributed by atoms with van der Waals surface area (Å²) in [7, 11) is 0. The van der Waals surface area contributed by atoms with Gasteiger partial charge < -0.3 is 5.73 Å². The van der Waals surface area contributed by atoms with Crippen molar-refractivity contribution in [3.05, 3.63) is 35.4 Å². The minimum atomic E-state index is 0.277. The van der Waals surface area contributed by atoms with E-state index in [-0.39, 0.29) is 6.04 Å². The maximum Gasteiger partial charge on any atom is 0.0329 e. The van der Waals surface area contributed by atoms with Crippen molar-refractivity contribution in [3.8, 4) is 0 Å². The molecule has 18 heavy (non-hydrogen) atoms. The molecule has 0 bridgehead atoms. The minimum absolute atomic E-state index is 0.277. The molecule has 1 aromatic rings. The van der Waals surface area contributed by atoms with Gasteiger partial charge in [-0.3, -0.25) is 0 Å². The molecular weight excluding hydrogens is 218 g/mol. The molecule has 0 aliphatic heterocycles. The zero-order valence-corrected chi connectivity index (χ0v) is 11.6. The second-order valence-electron chi connectivity index (χ2n) is 6.54. The van der Waals surface area contributed by atoms with Gasteiger partial charge in [-0.05, 0) is 47.6 Å². The topological polar surface area (TPSA) is 26.0 Å². The summed E-state index contributed by atoms with van der Waals surface area (Å²) < 4.78 is 0. The number of hydrogen-bond donors (Lipinski definition) is 1. The maximum absolute atomic E-state index is 6.49. The van der Waals surface area contributed by atoms with E-state index >= 15 is 0 Å². The van der Waals surface area contributed by atoms with E-state index in [4.69, 9.17) is 5.73 Å². The highest BCUT2D eigenvalue weighted by Crippen LogP contribution is 2.59. The van der Waals surface area contributed by atoms with Crippen LogP contribution in [0.4, 0.5) is 0 Å². The zero-order chi connectivity index (χ0) is 12.7. The van der Waals surface area contributed by atoms with Gasteiger partial charge in [0.05, 0.1) is 0 Å². The molecule has 0 spiro atoms. The van der Waals surface area contributed by atoms with Gasteiger partial charge in [-0.25, -0.2) is 0 Å². The summed E-state index contributed by atoms with van der Waals surface area (Å²) >= 11 is 0. The first-order valence-electron chi connectivity index (χ1n) is 7.54. The molecule has 2 fully saturated rings. The Morgan fingerprint density at radius 3 is 1.94 bits per heavy atom. The molecule has 1 heteroatoms. The Balaban J connectivity index is 1.71. The van der Waals surface area contributed by atoms with Gasteiger partial charge in [0, 0.05) is 6.04 Å². The molecule has 2 aliphatic rings. The van der Waals surface area contributed by atoms with Gasteiger partial charge in [0.15, 0.2) is 0 Å². The first kappa shape index (κ1) is 12.2. The van der Waals surface area contributed by atoms with E-state index in [2.05, 4.69) is 38.1 Å². The Bertz CT molecular complexity index is 394. The molecule has 0 heterocycles. The van der Waals surface area contributed by atoms with Gasteiger partial charge in [0.25, 0.3) is 0 Å². The molecule has 0 radical (unpaired) electrons. The van der Waals surface area contributed by atoms with Crippen LogP contribution in [0.5, 0.6) is 0 Å². The van der Waals surface area contributed by atoms with E-state index in [1.165, 1.54) is 36.8 Å². The van der Waals surface area contributed by atoms with Crippen molar-refractivity contribution in [1.82, 2.24) is 0 Å². The van der Waals surface area contributed by atoms with E-state index < -0.39 is 0 Å². The first-order valence-corrected chi connectivity index (χ1v) is 7.54. The van der Waals surface area contributed by atoms with Crippen molar-refractivity contribution in [2.75, 3.05) is 0 Å². The second-order valence-corrected chi connectivity index (χ2v) is 6.54. The van der Waals surface area contributed by atoms with Crippen LogP contribution in [-0.2, 0) is 0 Å². The summed E-state index contributed by atoms with van der Waals surface area (Å²) in [6.45, 7) is 4.48. The van der Waals surface area contributed by atoms with Crippen LogP contribution in [0, 0.1) is 17.8 Å². The normalized spacial score (nSPS) is 32.1. The van der Waals surface area contributed by atoms with Crippen molar-refractivity contribution < 1.29 is 0 Å². The van der Waals surface area contributed by atoms with E-state index in [1.54, 1.807) is 0 Å². The first-order chi connectivity index (χ1) is 8.68. The van der Waals surface area contributed by atoms with Crippen molar-refractivity contribution in [2.24, 2.45) is 23.5 Å². The molecule has 0 amide bonds. The molecule has 3 rings (SSSR count). The lowest BCUT2D eigenvalue weighted by Gasteiger charge is -2.13. The van der Waals surface area contributed by atoms with Crippen LogP contribution in [0.3, 0.4) is 0 Å². The molecule has 0 saturated heterocycles. The fourth-order valence-corrected chi connectivity index (χ4v) is 3.91. The number of fused-ring (bicyclic) bond motifs is 1. The lowest BCUT2D eigenvalue weighted by Crippen LogP contribution is -2.14. The third kappa shape index (κ3) is 2.09. The van der Waals surface area contributed by atoms with Crippen LogP contribution in [0.1, 0.15) is 62.6 Å². The van der Waals surface area contributed by atoms with E-state index in [0.29, 0.717) is 5.92 Å². The van der Waals surface area contributed by atoms with Gasteiger partial charge >= 0.3 is 0 Å². The van der Waals surface area contributed by atoms with Gasteiger partial charge in [-0.15, -0.1) is 0 Å². The van der Waals surface area contributed by atoms with Crippen LogP contribution in [0.15, 0.2) is 24.3 Å². The predicted molar refractivity (Wildman–Crippen MR) is 76.4 cm³/mol. The van der Waals surface area contributed by atoms with Crippen molar-refractivity contribution in [2.45, 2.75) is 51.5 Å². The third-order valence-corrected chi connectivity index (χ3v) is 5.13. The Labute approximate surface area is 111 Å². The minimum Gasteiger partial charge on any atom is -0.324 e. The van der Waals surface area contributed by atoms with Crippen LogP contribution >= 0.6 is 0 Å². The van der Waals surface area contributed by atoms with Crippen molar-refractivity contribution >= 4 is 0 Å². The van der Waals surface area contributed by atoms with Gasteiger partial charge in [-0.2, -0.15) is 0 Å². The molecule has 2 saturated carbocycles. The Hall–Kier alpha value is -0.820. The van der Waals surface area contributed by atoms with E-state index in [9.17, 15) is 0 Å². The van der Waals surface area contributed by atoms with Crippen molar-refractivity contribution in [3.63, 3.8) is 0 Å². The van der Waals surface area contributed by atoms with E-state index in [0.717, 1.165) is 17.8 Å². The van der Waals surface area contributed by atoms with Crippen LogP contribution in [0.2, 0.25) is 0 Å². The molecule has 2 aliphatic carbocycles. The lowest BCUT2D eigenvalue weighted by atomic mass is 9.96. The summed E-state index contributed by atoms with van der Waals surface area (Å²) in [5.74, 6) is 3.27. The molecule has 1 aromatic carbocycles. The predicted octanol–water partition coefficient (Wildman–Crippen LogP) is 4.25. The maximum atomic E-state index is 6.49. The van der Waals surface area contributed by atoms with Crippen LogP contribution < -0.4 is 5.73 Å². The average Bonchev–Trinajstić information content (AvgIpc) is 3.12. The Kier molecular flexibility index (Phi) is 3.19.